The fourth-order valence-corrected chi connectivity index (χ4v) is 3.45. The van der Waals surface area contributed by atoms with Crippen molar-refractivity contribution in [3.8, 4) is 0 Å². The number of hydrogen-bond donors (Lipinski definition) is 8. The predicted octanol–water partition coefficient (Wildman–Crippen LogP) is -1.53. The van der Waals surface area contributed by atoms with Gasteiger partial charge in [0.1, 0.15) is 18.1 Å². The topological polar surface area (TPSA) is 234 Å². The molecule has 0 aromatic heterocycles. The number of hydrogen-bond acceptors (Lipinski definition) is 8. The van der Waals surface area contributed by atoms with Gasteiger partial charge < -0.3 is 42.7 Å². The quantitative estimate of drug-likeness (QED) is 0.110. The van der Waals surface area contributed by atoms with E-state index in [0.29, 0.717) is 19.4 Å². The lowest BCUT2D eigenvalue weighted by Gasteiger charge is -2.26. The Balaban J connectivity index is 2.92. The number of nitrogens with two attached hydrogens (primary N) is 2. The van der Waals surface area contributed by atoms with Crippen LogP contribution in [0.25, 0.3) is 0 Å². The zero-order valence-electron chi connectivity index (χ0n) is 20.8. The van der Waals surface area contributed by atoms with Crippen molar-refractivity contribution in [2.24, 2.45) is 11.5 Å². The van der Waals surface area contributed by atoms with Gasteiger partial charge in [-0.25, -0.2) is 4.79 Å². The molecule has 206 valence electrons. The summed E-state index contributed by atoms with van der Waals surface area (Å²) in [6, 6.07) is 3.67. The fraction of sp³-hybridized carbons (Fsp3) is 0.542. The third-order valence-electron chi connectivity index (χ3n) is 5.54. The Bertz CT molecular complexity index is 912. The lowest BCUT2D eigenvalue weighted by molar-refractivity contribution is -0.143. The van der Waals surface area contributed by atoms with Gasteiger partial charge in [0.15, 0.2) is 0 Å². The highest BCUT2D eigenvalue weighted by Crippen LogP contribution is 2.07. The summed E-state index contributed by atoms with van der Waals surface area (Å²) in [7, 11) is 0. The Kier molecular flexibility index (Phi) is 13.8. The number of benzene rings is 1. The van der Waals surface area contributed by atoms with Crippen molar-refractivity contribution in [2.75, 3.05) is 6.54 Å². The van der Waals surface area contributed by atoms with Crippen LogP contribution < -0.4 is 27.4 Å². The molecule has 0 aliphatic carbocycles. The standard InChI is InChI=1S/C24H37N5O8/c1-14(30)20(29-21(33)16(26)13-15-7-3-2-4-8-15)23(35)27-17(10-11-19(31)32)22(34)28-18(24(36)37)9-5-6-12-25/h2-4,7-8,14,16-18,20,30H,5-6,9-13,25-26H2,1H3,(H,27,35)(H,28,34)(H,29,33)(H,31,32)(H,36,37). The summed E-state index contributed by atoms with van der Waals surface area (Å²) in [5.41, 5.74) is 12.1. The molecule has 0 saturated heterocycles. The van der Waals surface area contributed by atoms with Gasteiger partial charge in [0.25, 0.3) is 0 Å². The van der Waals surface area contributed by atoms with Crippen LogP contribution in [0.3, 0.4) is 0 Å². The summed E-state index contributed by atoms with van der Waals surface area (Å²) in [5, 5.41) is 35.5. The van der Waals surface area contributed by atoms with E-state index in [1.54, 1.807) is 30.3 Å². The highest BCUT2D eigenvalue weighted by Gasteiger charge is 2.32. The number of carboxylic acid groups (broad SMARTS) is 2. The van der Waals surface area contributed by atoms with Gasteiger partial charge in [-0.2, -0.15) is 0 Å². The zero-order chi connectivity index (χ0) is 28.0. The van der Waals surface area contributed by atoms with E-state index in [2.05, 4.69) is 16.0 Å². The van der Waals surface area contributed by atoms with Crippen molar-refractivity contribution in [3.05, 3.63) is 35.9 Å². The number of aliphatic hydroxyl groups excluding tert-OH is 1. The molecule has 1 aromatic carbocycles. The maximum atomic E-state index is 12.9. The van der Waals surface area contributed by atoms with Crippen LogP contribution in [0.4, 0.5) is 0 Å². The number of unbranched alkanes of at least 4 members (excludes halogenated alkanes) is 1. The average Bonchev–Trinajstić information content (AvgIpc) is 2.84. The molecule has 0 spiro atoms. The van der Waals surface area contributed by atoms with Gasteiger partial charge in [0, 0.05) is 6.42 Å². The molecule has 13 heteroatoms. The second-order valence-corrected chi connectivity index (χ2v) is 8.70. The molecular weight excluding hydrogens is 486 g/mol. The monoisotopic (exact) mass is 523 g/mol. The number of amides is 3. The summed E-state index contributed by atoms with van der Waals surface area (Å²) < 4.78 is 0. The van der Waals surface area contributed by atoms with Crippen molar-refractivity contribution in [2.45, 2.75) is 75.7 Å². The van der Waals surface area contributed by atoms with Gasteiger partial charge in [-0.15, -0.1) is 0 Å². The molecule has 0 bridgehead atoms. The zero-order valence-corrected chi connectivity index (χ0v) is 20.8. The molecule has 37 heavy (non-hydrogen) atoms. The Labute approximate surface area is 215 Å². The summed E-state index contributed by atoms with van der Waals surface area (Å²) in [4.78, 5) is 60.9. The molecule has 0 aliphatic heterocycles. The van der Waals surface area contributed by atoms with Gasteiger partial charge >= 0.3 is 11.9 Å². The molecule has 1 rings (SSSR count). The van der Waals surface area contributed by atoms with Crippen molar-refractivity contribution in [3.63, 3.8) is 0 Å². The van der Waals surface area contributed by atoms with Crippen LogP contribution in [0.1, 0.15) is 44.6 Å². The SMILES string of the molecule is CC(O)C(NC(=O)C(N)Cc1ccccc1)C(=O)NC(CCC(=O)O)C(=O)NC(CCCCN)C(=O)O. The van der Waals surface area contributed by atoms with E-state index >= 15 is 0 Å². The minimum absolute atomic E-state index is 0.0868. The molecule has 0 heterocycles. The molecule has 10 N–H and O–H groups in total. The van der Waals surface area contributed by atoms with E-state index in [-0.39, 0.29) is 19.3 Å². The molecule has 0 saturated carbocycles. The first-order valence-corrected chi connectivity index (χ1v) is 12.0. The molecule has 0 aliphatic rings. The second-order valence-electron chi connectivity index (χ2n) is 8.70. The van der Waals surface area contributed by atoms with Gasteiger partial charge in [-0.1, -0.05) is 30.3 Å². The van der Waals surface area contributed by atoms with Crippen LogP contribution in [-0.4, -0.2) is 81.8 Å². The van der Waals surface area contributed by atoms with E-state index in [4.69, 9.17) is 16.6 Å². The Hall–Kier alpha value is -3.55. The molecule has 0 fully saturated rings. The van der Waals surface area contributed by atoms with Crippen LogP contribution in [0.15, 0.2) is 30.3 Å². The first-order chi connectivity index (χ1) is 17.5. The van der Waals surface area contributed by atoms with Crippen molar-refractivity contribution >= 4 is 29.7 Å². The Morgan fingerprint density at radius 3 is 2.03 bits per heavy atom. The lowest BCUT2D eigenvalue weighted by atomic mass is 10.0. The van der Waals surface area contributed by atoms with Crippen molar-refractivity contribution < 1.29 is 39.3 Å². The van der Waals surface area contributed by atoms with E-state index in [1.165, 1.54) is 6.92 Å². The van der Waals surface area contributed by atoms with Crippen LogP contribution in [0.5, 0.6) is 0 Å². The smallest absolute Gasteiger partial charge is 0.326 e. The number of nitrogens with one attached hydrogen (secondary N) is 3. The summed E-state index contributed by atoms with van der Waals surface area (Å²) in [5.74, 6) is -5.13. The predicted molar refractivity (Wildman–Crippen MR) is 133 cm³/mol. The molecule has 5 unspecified atom stereocenters. The number of aliphatic carboxylic acids is 2. The van der Waals surface area contributed by atoms with E-state index in [9.17, 15) is 34.2 Å². The fourth-order valence-electron chi connectivity index (χ4n) is 3.45. The van der Waals surface area contributed by atoms with Crippen LogP contribution >= 0.6 is 0 Å². The van der Waals surface area contributed by atoms with Gasteiger partial charge in [-0.05, 0) is 51.1 Å². The number of rotatable bonds is 17. The van der Waals surface area contributed by atoms with Gasteiger partial charge in [0.2, 0.25) is 17.7 Å². The minimum Gasteiger partial charge on any atom is -0.481 e. The molecule has 13 nitrogen and oxygen atoms in total. The number of carbonyl (C=O) groups is 5. The highest BCUT2D eigenvalue weighted by molar-refractivity contribution is 5.94. The third-order valence-corrected chi connectivity index (χ3v) is 5.54. The third kappa shape index (κ3) is 11.8. The number of aliphatic hydroxyl groups is 1. The average molecular weight is 524 g/mol. The Morgan fingerprint density at radius 1 is 0.865 bits per heavy atom. The van der Waals surface area contributed by atoms with Crippen molar-refractivity contribution in [1.82, 2.24) is 16.0 Å². The molecule has 0 radical (unpaired) electrons. The van der Waals surface area contributed by atoms with E-state index in [0.717, 1.165) is 5.56 Å². The molecule has 1 aromatic rings. The number of carbonyl (C=O) groups excluding carboxylic acids is 3. The van der Waals surface area contributed by atoms with Crippen LogP contribution in [-0.2, 0) is 30.4 Å². The summed E-state index contributed by atoms with van der Waals surface area (Å²) in [6.45, 7) is 1.59. The first-order valence-electron chi connectivity index (χ1n) is 12.0. The van der Waals surface area contributed by atoms with Crippen LogP contribution in [0, 0.1) is 0 Å². The Morgan fingerprint density at radius 2 is 1.49 bits per heavy atom. The van der Waals surface area contributed by atoms with Gasteiger partial charge in [0.05, 0.1) is 12.1 Å². The summed E-state index contributed by atoms with van der Waals surface area (Å²) >= 11 is 0. The maximum absolute atomic E-state index is 12.9. The van der Waals surface area contributed by atoms with Crippen LogP contribution in [0.2, 0.25) is 0 Å². The van der Waals surface area contributed by atoms with E-state index in [1.807, 2.05) is 0 Å². The summed E-state index contributed by atoms with van der Waals surface area (Å²) in [6.07, 6.45) is -1.01. The number of carboxylic acids is 2. The molecule has 5 atom stereocenters. The largest absolute Gasteiger partial charge is 0.481 e. The lowest BCUT2D eigenvalue weighted by Crippen LogP contribution is -2.60. The minimum atomic E-state index is -1.51. The molecular formula is C24H37N5O8. The van der Waals surface area contributed by atoms with Gasteiger partial charge in [-0.3, -0.25) is 19.2 Å². The molecule has 3 amide bonds. The maximum Gasteiger partial charge on any atom is 0.326 e. The first kappa shape index (κ1) is 31.5. The van der Waals surface area contributed by atoms with E-state index < -0.39 is 66.4 Å². The normalized spacial score (nSPS) is 14.9. The highest BCUT2D eigenvalue weighted by atomic mass is 16.4. The van der Waals surface area contributed by atoms with Crippen molar-refractivity contribution in [1.29, 1.82) is 0 Å². The second kappa shape index (κ2) is 16.2.